The molecular weight excluding hydrogens is 292 g/mol. The number of hydrogen-bond acceptors (Lipinski definition) is 4. The van der Waals surface area contributed by atoms with E-state index in [9.17, 15) is 4.79 Å². The lowest BCUT2D eigenvalue weighted by molar-refractivity contribution is -0.121. The number of amides is 1. The van der Waals surface area contributed by atoms with Gasteiger partial charge in [0.2, 0.25) is 5.91 Å². The van der Waals surface area contributed by atoms with Gasteiger partial charge in [0.25, 0.3) is 0 Å². The van der Waals surface area contributed by atoms with E-state index >= 15 is 0 Å². The molecule has 3 heterocycles. The van der Waals surface area contributed by atoms with Crippen LogP contribution in [-0.2, 0) is 18.9 Å². The molecule has 2 aromatic heterocycles. The molecule has 0 unspecified atom stereocenters. The van der Waals surface area contributed by atoms with Gasteiger partial charge in [-0.25, -0.2) is 0 Å². The largest absolute Gasteiger partial charge is 0.311 e. The summed E-state index contributed by atoms with van der Waals surface area (Å²) in [5.74, 6) is 0.879. The van der Waals surface area contributed by atoms with Gasteiger partial charge in [0.1, 0.15) is 5.82 Å². The smallest absolute Gasteiger partial charge is 0.228 e. The molecule has 0 bridgehead atoms. The molecule has 0 spiro atoms. The topological polar surface area (TPSA) is 68.0 Å². The maximum absolute atomic E-state index is 12.5. The third kappa shape index (κ3) is 3.29. The van der Waals surface area contributed by atoms with Crippen molar-refractivity contribution in [3.63, 3.8) is 0 Å². The van der Waals surface area contributed by atoms with Crippen molar-refractivity contribution in [3.8, 4) is 11.3 Å². The lowest BCUT2D eigenvalue weighted by Gasteiger charge is -2.34. The number of nitrogens with one attached hydrogen (secondary N) is 1. The summed E-state index contributed by atoms with van der Waals surface area (Å²) in [5.41, 5.74) is 1.75. The Bertz CT molecular complexity index is 703. The first kappa shape index (κ1) is 15.7. The second-order valence-electron chi connectivity index (χ2n) is 6.48. The predicted octanol–water partition coefficient (Wildman–Crippen LogP) is 1.49. The molecule has 1 amide bonds. The Balaban J connectivity index is 1.70. The lowest BCUT2D eigenvalue weighted by Crippen LogP contribution is -2.41. The minimum absolute atomic E-state index is 0.0675. The number of nitrogens with zero attached hydrogens (tertiary/aromatic N) is 5. The number of carbonyl (C=O) groups excluding carboxylic acids is 1. The van der Waals surface area contributed by atoms with Gasteiger partial charge in [-0.2, -0.15) is 10.2 Å². The van der Waals surface area contributed by atoms with Crippen molar-refractivity contribution in [2.45, 2.75) is 25.8 Å². The van der Waals surface area contributed by atoms with E-state index < -0.39 is 0 Å². The summed E-state index contributed by atoms with van der Waals surface area (Å²) in [5, 5.41) is 11.6. The lowest BCUT2D eigenvalue weighted by atomic mass is 9.91. The van der Waals surface area contributed by atoms with Gasteiger partial charge in [-0.1, -0.05) is 0 Å². The van der Waals surface area contributed by atoms with Crippen LogP contribution in [0.25, 0.3) is 11.3 Å². The molecule has 124 valence electrons. The van der Waals surface area contributed by atoms with Crippen LogP contribution in [0.15, 0.2) is 18.5 Å². The Labute approximate surface area is 136 Å². The van der Waals surface area contributed by atoms with E-state index in [2.05, 4.69) is 34.4 Å². The average molecular weight is 316 g/mol. The highest BCUT2D eigenvalue weighted by atomic mass is 16.2. The summed E-state index contributed by atoms with van der Waals surface area (Å²) in [4.78, 5) is 14.8. The minimum atomic E-state index is 0.0675. The summed E-state index contributed by atoms with van der Waals surface area (Å²) in [6.07, 6.45) is 5.48. The summed E-state index contributed by atoms with van der Waals surface area (Å²) in [6, 6.07) is 2.34. The zero-order valence-corrected chi connectivity index (χ0v) is 14.2. The molecule has 0 aliphatic carbocycles. The number of hydrogen-bond donors (Lipinski definition) is 1. The standard InChI is InChI=1S/C16H24N6O/c1-11-7-12(5-6-20(11)2)16(23)18-15-8-14(19-22(15)4)13-9-17-21(3)10-13/h8-12H,5-7H2,1-4H3,(H,18,23)/t11-,12-/m0/s1. The summed E-state index contributed by atoms with van der Waals surface area (Å²) in [7, 11) is 5.82. The second-order valence-corrected chi connectivity index (χ2v) is 6.48. The van der Waals surface area contributed by atoms with E-state index in [1.807, 2.05) is 26.4 Å². The number of aryl methyl sites for hydroxylation is 2. The van der Waals surface area contributed by atoms with Gasteiger partial charge in [0.05, 0.1) is 11.9 Å². The SMILES string of the molecule is C[C@H]1C[C@@H](C(=O)Nc2cc(-c3cnn(C)c3)nn2C)CCN1C. The van der Waals surface area contributed by atoms with Crippen molar-refractivity contribution in [3.05, 3.63) is 18.5 Å². The Morgan fingerprint density at radius 2 is 2.13 bits per heavy atom. The van der Waals surface area contributed by atoms with Gasteiger partial charge in [-0.15, -0.1) is 0 Å². The molecule has 0 radical (unpaired) electrons. The quantitative estimate of drug-likeness (QED) is 0.931. The van der Waals surface area contributed by atoms with Gasteiger partial charge < -0.3 is 10.2 Å². The third-order valence-electron chi connectivity index (χ3n) is 4.71. The fourth-order valence-corrected chi connectivity index (χ4v) is 3.03. The van der Waals surface area contributed by atoms with Gasteiger partial charge in [-0.05, 0) is 33.4 Å². The highest BCUT2D eigenvalue weighted by molar-refractivity contribution is 5.92. The van der Waals surface area contributed by atoms with Gasteiger partial charge in [0.15, 0.2) is 0 Å². The summed E-state index contributed by atoms with van der Waals surface area (Å²) < 4.78 is 3.45. The molecular formula is C16H24N6O. The van der Waals surface area contributed by atoms with Crippen LogP contribution in [0.4, 0.5) is 5.82 Å². The van der Waals surface area contributed by atoms with Gasteiger partial charge >= 0.3 is 0 Å². The maximum atomic E-state index is 12.5. The Kier molecular flexibility index (Phi) is 4.21. The number of aromatic nitrogens is 4. The van der Waals surface area contributed by atoms with Crippen molar-refractivity contribution < 1.29 is 4.79 Å². The fourth-order valence-electron chi connectivity index (χ4n) is 3.03. The van der Waals surface area contributed by atoms with Crippen LogP contribution >= 0.6 is 0 Å². The molecule has 2 aromatic rings. The van der Waals surface area contributed by atoms with Crippen molar-refractivity contribution in [2.24, 2.45) is 20.0 Å². The van der Waals surface area contributed by atoms with Gasteiger partial charge in [0, 0.05) is 43.9 Å². The third-order valence-corrected chi connectivity index (χ3v) is 4.71. The molecule has 7 nitrogen and oxygen atoms in total. The fraction of sp³-hybridized carbons (Fsp3) is 0.562. The Hall–Kier alpha value is -2.15. The van der Waals surface area contributed by atoms with Crippen LogP contribution in [0.3, 0.4) is 0 Å². The van der Waals surface area contributed by atoms with Gasteiger partial charge in [-0.3, -0.25) is 14.2 Å². The average Bonchev–Trinajstić information content (AvgIpc) is 3.08. The Morgan fingerprint density at radius 3 is 2.78 bits per heavy atom. The minimum Gasteiger partial charge on any atom is -0.311 e. The monoisotopic (exact) mass is 316 g/mol. The van der Waals surface area contributed by atoms with E-state index in [1.54, 1.807) is 15.6 Å². The van der Waals surface area contributed by atoms with Crippen LogP contribution < -0.4 is 5.32 Å². The molecule has 1 N–H and O–H groups in total. The molecule has 23 heavy (non-hydrogen) atoms. The highest BCUT2D eigenvalue weighted by Crippen LogP contribution is 2.25. The van der Waals surface area contributed by atoms with E-state index in [1.165, 1.54) is 0 Å². The highest BCUT2D eigenvalue weighted by Gasteiger charge is 2.28. The van der Waals surface area contributed by atoms with Crippen molar-refractivity contribution in [2.75, 3.05) is 18.9 Å². The molecule has 3 rings (SSSR count). The normalized spacial score (nSPS) is 22.3. The molecule has 1 fully saturated rings. The van der Waals surface area contributed by atoms with Crippen LogP contribution in [0.5, 0.6) is 0 Å². The molecule has 1 aliphatic rings. The first-order valence-corrected chi connectivity index (χ1v) is 7.98. The molecule has 7 heteroatoms. The summed E-state index contributed by atoms with van der Waals surface area (Å²) >= 11 is 0. The zero-order chi connectivity index (χ0) is 16.6. The molecule has 1 aliphatic heterocycles. The number of carbonyl (C=O) groups is 1. The van der Waals surface area contributed by atoms with Crippen molar-refractivity contribution in [1.29, 1.82) is 0 Å². The molecule has 2 atom stereocenters. The van der Waals surface area contributed by atoms with Crippen LogP contribution in [-0.4, -0.2) is 50.0 Å². The number of anilines is 1. The van der Waals surface area contributed by atoms with Crippen molar-refractivity contribution in [1.82, 2.24) is 24.5 Å². The van der Waals surface area contributed by atoms with Crippen LogP contribution in [0, 0.1) is 5.92 Å². The van der Waals surface area contributed by atoms with Crippen LogP contribution in [0.2, 0.25) is 0 Å². The first-order valence-electron chi connectivity index (χ1n) is 7.98. The molecule has 0 saturated carbocycles. The van der Waals surface area contributed by atoms with E-state index in [0.29, 0.717) is 6.04 Å². The number of piperidine rings is 1. The van der Waals surface area contributed by atoms with E-state index in [-0.39, 0.29) is 11.8 Å². The number of rotatable bonds is 3. The maximum Gasteiger partial charge on any atom is 0.228 e. The van der Waals surface area contributed by atoms with Crippen LogP contribution in [0.1, 0.15) is 19.8 Å². The first-order chi connectivity index (χ1) is 10.9. The molecule has 1 saturated heterocycles. The molecule has 0 aromatic carbocycles. The number of likely N-dealkylation sites (tertiary alicyclic amines) is 1. The van der Waals surface area contributed by atoms with E-state index in [0.717, 1.165) is 36.5 Å². The van der Waals surface area contributed by atoms with Crippen molar-refractivity contribution >= 4 is 11.7 Å². The second kappa shape index (κ2) is 6.16. The summed E-state index contributed by atoms with van der Waals surface area (Å²) in [6.45, 7) is 3.13. The van der Waals surface area contributed by atoms with E-state index in [4.69, 9.17) is 0 Å². The Morgan fingerprint density at radius 1 is 1.35 bits per heavy atom. The zero-order valence-electron chi connectivity index (χ0n) is 14.2. The predicted molar refractivity (Wildman–Crippen MR) is 88.9 cm³/mol.